The van der Waals surface area contributed by atoms with Crippen molar-refractivity contribution in [2.75, 3.05) is 32.7 Å². The highest BCUT2D eigenvalue weighted by Crippen LogP contribution is 2.10. The minimum absolute atomic E-state index is 0.266. The molecule has 1 aromatic rings. The number of benzene rings is 1. The second-order valence-corrected chi connectivity index (χ2v) is 4.64. The quantitative estimate of drug-likeness (QED) is 0.732. The minimum atomic E-state index is -0.266. The molecule has 0 aliphatic heterocycles. The molecule has 0 bridgehead atoms. The van der Waals surface area contributed by atoms with Crippen molar-refractivity contribution in [3.8, 4) is 5.75 Å². The van der Waals surface area contributed by atoms with E-state index in [0.29, 0.717) is 12.3 Å². The van der Waals surface area contributed by atoms with Crippen LogP contribution >= 0.6 is 0 Å². The summed E-state index contributed by atoms with van der Waals surface area (Å²) < 4.78 is 5.35. The van der Waals surface area contributed by atoms with Crippen molar-refractivity contribution >= 4 is 6.09 Å². The average Bonchev–Trinajstić information content (AvgIpc) is 2.48. The van der Waals surface area contributed by atoms with Crippen LogP contribution in [0.15, 0.2) is 30.3 Å². The number of para-hydroxylation sites is 1. The van der Waals surface area contributed by atoms with Gasteiger partial charge < -0.3 is 14.5 Å². The van der Waals surface area contributed by atoms with Gasteiger partial charge in [0.25, 0.3) is 0 Å². The molecule has 0 fully saturated rings. The van der Waals surface area contributed by atoms with Crippen LogP contribution in [0.1, 0.15) is 27.2 Å². The van der Waals surface area contributed by atoms with E-state index in [2.05, 4.69) is 18.7 Å². The number of carbonyl (C=O) groups is 1. The maximum atomic E-state index is 12.0. The van der Waals surface area contributed by atoms with Crippen molar-refractivity contribution in [1.29, 1.82) is 0 Å². The van der Waals surface area contributed by atoms with E-state index in [-0.39, 0.29) is 6.09 Å². The average molecular weight is 278 g/mol. The van der Waals surface area contributed by atoms with Gasteiger partial charge >= 0.3 is 6.09 Å². The molecule has 0 saturated carbocycles. The topological polar surface area (TPSA) is 32.8 Å². The molecule has 1 rings (SSSR count). The largest absolute Gasteiger partial charge is 0.415 e. The highest BCUT2D eigenvalue weighted by molar-refractivity contribution is 5.70. The zero-order valence-corrected chi connectivity index (χ0v) is 12.8. The third-order valence-corrected chi connectivity index (χ3v) is 3.39. The Morgan fingerprint density at radius 3 is 2.20 bits per heavy atom. The summed E-state index contributed by atoms with van der Waals surface area (Å²) in [4.78, 5) is 16.2. The molecule has 20 heavy (non-hydrogen) atoms. The molecule has 0 atom stereocenters. The molecular weight excluding hydrogens is 252 g/mol. The van der Waals surface area contributed by atoms with Crippen molar-refractivity contribution in [3.63, 3.8) is 0 Å². The smallest absolute Gasteiger partial charge is 0.410 e. The summed E-state index contributed by atoms with van der Waals surface area (Å²) in [5, 5.41) is 0. The Morgan fingerprint density at radius 2 is 1.65 bits per heavy atom. The molecule has 1 aromatic carbocycles. The molecule has 0 unspecified atom stereocenters. The van der Waals surface area contributed by atoms with Crippen LogP contribution in [0.4, 0.5) is 4.79 Å². The number of rotatable bonds is 8. The third-order valence-electron chi connectivity index (χ3n) is 3.39. The van der Waals surface area contributed by atoms with Crippen LogP contribution in [0, 0.1) is 0 Å². The lowest BCUT2D eigenvalue weighted by Crippen LogP contribution is -2.36. The SMILES string of the molecule is CCN(CC)CCCN(CC)C(=O)Oc1ccccc1. The van der Waals surface area contributed by atoms with Gasteiger partial charge in [-0.05, 0) is 45.1 Å². The Balaban J connectivity index is 2.39. The molecule has 4 heteroatoms. The summed E-state index contributed by atoms with van der Waals surface area (Å²) >= 11 is 0. The van der Waals surface area contributed by atoms with Gasteiger partial charge in [0.15, 0.2) is 0 Å². The summed E-state index contributed by atoms with van der Waals surface area (Å²) in [5.74, 6) is 0.597. The first kappa shape index (κ1) is 16.5. The lowest BCUT2D eigenvalue weighted by Gasteiger charge is -2.23. The van der Waals surface area contributed by atoms with Crippen molar-refractivity contribution in [3.05, 3.63) is 30.3 Å². The molecule has 0 N–H and O–H groups in total. The predicted molar refractivity (Wildman–Crippen MR) is 82.1 cm³/mol. The van der Waals surface area contributed by atoms with E-state index >= 15 is 0 Å². The summed E-state index contributed by atoms with van der Waals surface area (Å²) in [7, 11) is 0. The van der Waals surface area contributed by atoms with Gasteiger partial charge in [0.1, 0.15) is 5.75 Å². The van der Waals surface area contributed by atoms with Crippen LogP contribution in [0.5, 0.6) is 5.75 Å². The molecule has 0 heterocycles. The monoisotopic (exact) mass is 278 g/mol. The molecular formula is C16H26N2O2. The van der Waals surface area contributed by atoms with Gasteiger partial charge in [-0.3, -0.25) is 0 Å². The number of amides is 1. The molecule has 0 aromatic heterocycles. The normalized spacial score (nSPS) is 10.6. The molecule has 1 amide bonds. The number of carbonyl (C=O) groups excluding carboxylic acids is 1. The highest BCUT2D eigenvalue weighted by atomic mass is 16.6. The van der Waals surface area contributed by atoms with Gasteiger partial charge in [-0.25, -0.2) is 4.79 Å². The van der Waals surface area contributed by atoms with E-state index < -0.39 is 0 Å². The molecule has 0 saturated heterocycles. The Labute approximate surface area is 122 Å². The first-order valence-electron chi connectivity index (χ1n) is 7.45. The van der Waals surface area contributed by atoms with E-state index in [9.17, 15) is 4.79 Å². The van der Waals surface area contributed by atoms with Crippen LogP contribution in [0.3, 0.4) is 0 Å². The number of hydrogen-bond acceptors (Lipinski definition) is 3. The molecule has 0 spiro atoms. The molecule has 0 aliphatic carbocycles. The van der Waals surface area contributed by atoms with E-state index in [1.54, 1.807) is 17.0 Å². The molecule has 0 radical (unpaired) electrons. The van der Waals surface area contributed by atoms with Crippen LogP contribution in [0.25, 0.3) is 0 Å². The van der Waals surface area contributed by atoms with Gasteiger partial charge in [-0.1, -0.05) is 32.0 Å². The summed E-state index contributed by atoms with van der Waals surface area (Å²) in [5.41, 5.74) is 0. The first-order chi connectivity index (χ1) is 9.71. The van der Waals surface area contributed by atoms with Crippen molar-refractivity contribution in [2.24, 2.45) is 0 Å². The minimum Gasteiger partial charge on any atom is -0.410 e. The summed E-state index contributed by atoms with van der Waals surface area (Å²) in [6, 6.07) is 9.21. The van der Waals surface area contributed by atoms with Gasteiger partial charge in [0.2, 0.25) is 0 Å². The molecule has 0 aliphatic rings. The second kappa shape index (κ2) is 9.37. The molecule has 112 valence electrons. The third kappa shape index (κ3) is 5.61. The van der Waals surface area contributed by atoms with E-state index in [1.807, 2.05) is 25.1 Å². The fourth-order valence-electron chi connectivity index (χ4n) is 2.06. The van der Waals surface area contributed by atoms with Crippen molar-refractivity contribution in [1.82, 2.24) is 9.80 Å². The Hall–Kier alpha value is -1.55. The summed E-state index contributed by atoms with van der Waals surface area (Å²) in [6.45, 7) is 10.8. The fourth-order valence-corrected chi connectivity index (χ4v) is 2.06. The number of ether oxygens (including phenoxy) is 1. The van der Waals surface area contributed by atoms with Gasteiger partial charge in [0.05, 0.1) is 0 Å². The summed E-state index contributed by atoms with van der Waals surface area (Å²) in [6.07, 6.45) is 0.706. The number of nitrogens with zero attached hydrogens (tertiary/aromatic N) is 2. The zero-order valence-electron chi connectivity index (χ0n) is 12.8. The van der Waals surface area contributed by atoms with E-state index in [0.717, 1.165) is 32.6 Å². The van der Waals surface area contributed by atoms with Crippen molar-refractivity contribution < 1.29 is 9.53 Å². The lowest BCUT2D eigenvalue weighted by atomic mass is 10.3. The van der Waals surface area contributed by atoms with Crippen LogP contribution in [-0.2, 0) is 0 Å². The Bertz CT molecular complexity index is 377. The molecule has 4 nitrogen and oxygen atoms in total. The zero-order chi connectivity index (χ0) is 14.8. The maximum Gasteiger partial charge on any atom is 0.415 e. The lowest BCUT2D eigenvalue weighted by molar-refractivity contribution is 0.151. The standard InChI is InChI=1S/C16H26N2O2/c1-4-17(5-2)13-10-14-18(6-3)16(19)20-15-11-8-7-9-12-15/h7-9,11-12H,4-6,10,13-14H2,1-3H3. The first-order valence-corrected chi connectivity index (χ1v) is 7.45. The second-order valence-electron chi connectivity index (χ2n) is 4.64. The van der Waals surface area contributed by atoms with Gasteiger partial charge in [-0.15, -0.1) is 0 Å². The highest BCUT2D eigenvalue weighted by Gasteiger charge is 2.13. The maximum absolute atomic E-state index is 12.0. The van der Waals surface area contributed by atoms with Crippen LogP contribution < -0.4 is 4.74 Å². The van der Waals surface area contributed by atoms with E-state index in [1.165, 1.54) is 0 Å². The van der Waals surface area contributed by atoms with Gasteiger partial charge in [0, 0.05) is 13.1 Å². The Morgan fingerprint density at radius 1 is 1.00 bits per heavy atom. The van der Waals surface area contributed by atoms with E-state index in [4.69, 9.17) is 4.74 Å². The van der Waals surface area contributed by atoms with Crippen LogP contribution in [0.2, 0.25) is 0 Å². The Kier molecular flexibility index (Phi) is 7.73. The van der Waals surface area contributed by atoms with Crippen LogP contribution in [-0.4, -0.2) is 48.6 Å². The number of hydrogen-bond donors (Lipinski definition) is 0. The van der Waals surface area contributed by atoms with Crippen molar-refractivity contribution in [2.45, 2.75) is 27.2 Å². The predicted octanol–water partition coefficient (Wildman–Crippen LogP) is 3.24. The van der Waals surface area contributed by atoms with Gasteiger partial charge in [-0.2, -0.15) is 0 Å². The fraction of sp³-hybridized carbons (Fsp3) is 0.562.